The molecule has 0 saturated heterocycles. The normalized spacial score (nSPS) is 24.8. The topological polar surface area (TPSA) is 0 Å². The van der Waals surface area contributed by atoms with Crippen LogP contribution >= 0.6 is 0 Å². The molecule has 1 aromatic carbocycles. The average Bonchev–Trinajstić information content (AvgIpc) is 3.57. The molecule has 0 heterocycles. The number of halogens is 2. The van der Waals surface area contributed by atoms with Crippen molar-refractivity contribution in [1.82, 2.24) is 0 Å². The van der Waals surface area contributed by atoms with Gasteiger partial charge in [-0.25, -0.2) is 24.1 Å². The summed E-state index contributed by atoms with van der Waals surface area (Å²) in [4.78, 5) is 0. The van der Waals surface area contributed by atoms with Gasteiger partial charge in [-0.1, -0.05) is 66.0 Å². The summed E-state index contributed by atoms with van der Waals surface area (Å²) in [5.74, 6) is 1.60. The van der Waals surface area contributed by atoms with E-state index in [9.17, 15) is 0 Å². The van der Waals surface area contributed by atoms with E-state index >= 15 is 0 Å². The minimum absolute atomic E-state index is 0. The number of fused-ring (bicyclic) bond motifs is 6. The molecular formula is C32H36Cl2Zr-2. The summed E-state index contributed by atoms with van der Waals surface area (Å²) >= 11 is 1.69. The second-order valence-electron chi connectivity index (χ2n) is 10.1. The van der Waals surface area contributed by atoms with Crippen LogP contribution in [0.5, 0.6) is 0 Å². The van der Waals surface area contributed by atoms with Crippen molar-refractivity contribution in [1.29, 1.82) is 0 Å². The van der Waals surface area contributed by atoms with Crippen molar-refractivity contribution in [2.75, 3.05) is 0 Å². The van der Waals surface area contributed by atoms with Gasteiger partial charge < -0.3 is 24.8 Å². The van der Waals surface area contributed by atoms with Crippen LogP contribution in [0.2, 0.25) is 0 Å². The third-order valence-corrected chi connectivity index (χ3v) is 9.17. The van der Waals surface area contributed by atoms with Crippen LogP contribution in [0.15, 0.2) is 71.4 Å². The van der Waals surface area contributed by atoms with Crippen LogP contribution in [0.25, 0.3) is 5.57 Å². The van der Waals surface area contributed by atoms with Gasteiger partial charge >= 0.3 is 59.5 Å². The molecule has 35 heavy (non-hydrogen) atoms. The summed E-state index contributed by atoms with van der Waals surface area (Å²) in [7, 11) is 0. The van der Waals surface area contributed by atoms with Gasteiger partial charge in [-0.05, 0) is 36.7 Å². The predicted octanol–water partition coefficient (Wildman–Crippen LogP) is 2.26. The standard InChI is InChI=1S/C21H21.C6H10.C5H5.2ClH.Zr/c1-2-8-15-14(7-1)13-20-18-11-4-3-9-16(18)17-10-5-6-12-19(17)21(15)20;1-2-4-6-5-3-1;1-2-4-5-3-1;;;/h1-2,6-8,11-12,16-17H,3-5,9-10,13H2;1-5H2;1-3H,4H2;2*1H;/q-1;;-1;;;+2/p-2. The van der Waals surface area contributed by atoms with Crippen molar-refractivity contribution in [2.45, 2.75) is 77.0 Å². The van der Waals surface area contributed by atoms with Crippen molar-refractivity contribution in [3.63, 3.8) is 0 Å². The third kappa shape index (κ3) is 6.72. The Kier molecular flexibility index (Phi) is 11.6. The third-order valence-electron chi connectivity index (χ3n) is 7.95. The predicted molar refractivity (Wildman–Crippen MR) is 137 cm³/mol. The Morgan fingerprint density at radius 3 is 2.43 bits per heavy atom. The first-order valence-corrected chi connectivity index (χ1v) is 14.4. The Labute approximate surface area is 240 Å². The van der Waals surface area contributed by atoms with E-state index in [4.69, 9.17) is 0 Å². The van der Waals surface area contributed by atoms with Gasteiger partial charge in [-0.15, -0.1) is 12.8 Å². The van der Waals surface area contributed by atoms with Gasteiger partial charge in [-0.3, -0.25) is 6.08 Å². The fourth-order valence-electron chi connectivity index (χ4n) is 6.37. The van der Waals surface area contributed by atoms with E-state index in [0.717, 1.165) is 24.7 Å². The summed E-state index contributed by atoms with van der Waals surface area (Å²) in [5.41, 5.74) is 9.71. The van der Waals surface area contributed by atoms with Crippen LogP contribution in [-0.2, 0) is 30.7 Å². The number of rotatable bonds is 0. The van der Waals surface area contributed by atoms with Crippen LogP contribution < -0.4 is 24.8 Å². The Bertz CT molecular complexity index is 1020. The quantitative estimate of drug-likeness (QED) is 0.412. The molecule has 0 nitrogen and oxygen atoms in total. The van der Waals surface area contributed by atoms with E-state index in [2.05, 4.69) is 55.0 Å². The van der Waals surface area contributed by atoms with E-state index in [1.54, 1.807) is 55.3 Å². The number of hydrogen-bond donors (Lipinski definition) is 0. The van der Waals surface area contributed by atoms with Gasteiger partial charge in [0.1, 0.15) is 0 Å². The molecule has 0 aromatic heterocycles. The molecule has 0 amide bonds. The molecule has 1 aromatic rings. The Morgan fingerprint density at radius 1 is 0.914 bits per heavy atom. The maximum absolute atomic E-state index is 2.99. The first-order valence-electron chi connectivity index (χ1n) is 13.2. The minimum atomic E-state index is 0. The molecule has 0 N–H and O–H groups in total. The first kappa shape index (κ1) is 28.7. The molecule has 0 radical (unpaired) electrons. The fourth-order valence-corrected chi connectivity index (χ4v) is 7.24. The second kappa shape index (κ2) is 14.2. The Balaban J connectivity index is 0.000000204. The van der Waals surface area contributed by atoms with E-state index < -0.39 is 0 Å². The molecule has 3 heteroatoms. The Hall–Kier alpha value is -0.877. The van der Waals surface area contributed by atoms with Gasteiger partial charge in [0.25, 0.3) is 0 Å². The number of benzene rings is 1. The molecule has 0 aliphatic heterocycles. The second-order valence-corrected chi connectivity index (χ2v) is 11.8. The monoisotopic (exact) mass is 580 g/mol. The molecule has 0 spiro atoms. The molecule has 0 bridgehead atoms. The number of hydrogen-bond acceptors (Lipinski definition) is 0. The summed E-state index contributed by atoms with van der Waals surface area (Å²) in [5, 5.41) is 0. The zero-order valence-corrected chi connectivity index (χ0v) is 24.6. The SMILES string of the molecule is C1=CC2=C3C(=C4[CH-]CCCC4C2CC1)Cc1ccccc13.[C-]1=CC=CC1.[Cl-].[Cl-].[Zr+2]=[C]1CCCCC1. The molecule has 2 unspecified atom stereocenters. The summed E-state index contributed by atoms with van der Waals surface area (Å²) in [6.45, 7) is 0. The van der Waals surface area contributed by atoms with Crippen molar-refractivity contribution in [3.8, 4) is 0 Å². The number of allylic oxidation sites excluding steroid dienone is 10. The van der Waals surface area contributed by atoms with Crippen molar-refractivity contribution >= 4 is 8.78 Å². The van der Waals surface area contributed by atoms with Crippen molar-refractivity contribution in [2.24, 2.45) is 11.8 Å². The molecule has 184 valence electrons. The van der Waals surface area contributed by atoms with E-state index in [-0.39, 0.29) is 24.8 Å². The van der Waals surface area contributed by atoms with E-state index in [1.165, 1.54) is 69.8 Å². The van der Waals surface area contributed by atoms with Crippen LogP contribution in [0.4, 0.5) is 0 Å². The van der Waals surface area contributed by atoms with Crippen molar-refractivity contribution in [3.05, 3.63) is 95.0 Å². The van der Waals surface area contributed by atoms with Gasteiger partial charge in [0.2, 0.25) is 0 Å². The maximum atomic E-state index is 2.99. The summed E-state index contributed by atoms with van der Waals surface area (Å²) in [6.07, 6.45) is 32.6. The molecule has 2 saturated carbocycles. The first-order chi connectivity index (χ1) is 16.3. The molecule has 6 aliphatic rings. The molecular weight excluding hydrogens is 546 g/mol. The molecule has 7 rings (SSSR count). The molecule has 2 atom stereocenters. The summed E-state index contributed by atoms with van der Waals surface area (Å²) in [6, 6.07) is 9.07. The van der Waals surface area contributed by atoms with E-state index in [1.807, 2.05) is 12.2 Å². The van der Waals surface area contributed by atoms with Gasteiger partial charge in [0.15, 0.2) is 0 Å². The molecule has 6 aliphatic carbocycles. The molecule has 2 fully saturated rings. The average molecular weight is 583 g/mol. The van der Waals surface area contributed by atoms with E-state index in [0.29, 0.717) is 0 Å². The fraction of sp³-hybridized carbons (Fsp3) is 0.438. The zero-order chi connectivity index (χ0) is 22.5. The van der Waals surface area contributed by atoms with Crippen LogP contribution in [-0.4, -0.2) is 3.21 Å². The van der Waals surface area contributed by atoms with Gasteiger partial charge in [-0.2, -0.15) is 11.6 Å². The summed E-state index contributed by atoms with van der Waals surface area (Å²) < 4.78 is 1.80. The van der Waals surface area contributed by atoms with Gasteiger partial charge in [0.05, 0.1) is 0 Å². The van der Waals surface area contributed by atoms with Crippen LogP contribution in [0.3, 0.4) is 0 Å². The van der Waals surface area contributed by atoms with Crippen LogP contribution in [0.1, 0.15) is 81.8 Å². The van der Waals surface area contributed by atoms with Crippen molar-refractivity contribution < 1.29 is 49.0 Å². The van der Waals surface area contributed by atoms with Crippen LogP contribution in [0, 0.1) is 24.3 Å². The van der Waals surface area contributed by atoms with Gasteiger partial charge in [0, 0.05) is 0 Å². The zero-order valence-electron chi connectivity index (χ0n) is 20.7. The Morgan fingerprint density at radius 2 is 1.74 bits per heavy atom.